The number of allylic oxidation sites excluding steroid dienone is 2. The molecule has 39 heavy (non-hydrogen) atoms. The van der Waals surface area contributed by atoms with E-state index >= 15 is 0 Å². The predicted molar refractivity (Wildman–Crippen MR) is 149 cm³/mol. The Kier molecular flexibility index (Phi) is 11.6. The van der Waals surface area contributed by atoms with Gasteiger partial charge >= 0.3 is 6.09 Å². The standard InChI is InChI=1S/C30H48N2O7/c1-7-8-9-16-32(6)28(34)38-23(3)12-14-26(33)31-24-18-35-27(36-19-24)15-11-22(2)10-13-25-17-30(21-37-30)20-29(4,5)39-25/h10-14,23-25,27H,7-9,15-21H2,1-6H3,(H,31,33)/b13-10+,14-12-,22-11+/t23-,24-,25+,27+,30+/m0/s1. The summed E-state index contributed by atoms with van der Waals surface area (Å²) in [5, 5.41) is 2.87. The summed E-state index contributed by atoms with van der Waals surface area (Å²) in [5.41, 5.74) is 0.945. The smallest absolute Gasteiger partial charge is 0.410 e. The summed E-state index contributed by atoms with van der Waals surface area (Å²) in [7, 11) is 1.72. The Bertz CT molecular complexity index is 895. The lowest BCUT2D eigenvalue weighted by Crippen LogP contribution is -2.46. The van der Waals surface area contributed by atoms with Crippen molar-refractivity contribution in [1.82, 2.24) is 10.2 Å². The van der Waals surface area contributed by atoms with Crippen LogP contribution in [0.25, 0.3) is 0 Å². The van der Waals surface area contributed by atoms with E-state index in [2.05, 4.69) is 51.2 Å². The molecule has 3 rings (SSSR count). The van der Waals surface area contributed by atoms with Crippen LogP contribution in [-0.2, 0) is 28.5 Å². The number of carbonyl (C=O) groups is 2. The van der Waals surface area contributed by atoms with Crippen LogP contribution in [0.3, 0.4) is 0 Å². The molecule has 0 aromatic heterocycles. The fraction of sp³-hybridized carbons (Fsp3) is 0.733. The second-order valence-corrected chi connectivity index (χ2v) is 11.7. The number of nitrogens with one attached hydrogen (secondary N) is 1. The third-order valence-corrected chi connectivity index (χ3v) is 7.08. The normalized spacial score (nSPS) is 29.5. The van der Waals surface area contributed by atoms with Gasteiger partial charge in [-0.25, -0.2) is 4.79 Å². The maximum absolute atomic E-state index is 12.3. The van der Waals surface area contributed by atoms with E-state index in [0.29, 0.717) is 26.2 Å². The van der Waals surface area contributed by atoms with Crippen molar-refractivity contribution in [3.05, 3.63) is 36.0 Å². The average Bonchev–Trinajstić information content (AvgIpc) is 3.62. The van der Waals surface area contributed by atoms with Crippen LogP contribution in [-0.4, -0.2) is 86.1 Å². The maximum atomic E-state index is 12.3. The first-order valence-electron chi connectivity index (χ1n) is 14.3. The maximum Gasteiger partial charge on any atom is 0.410 e. The number of unbranched alkanes of at least 4 members (excludes halogenated alkanes) is 2. The predicted octanol–water partition coefficient (Wildman–Crippen LogP) is 4.67. The number of hydrogen-bond acceptors (Lipinski definition) is 7. The SMILES string of the molecule is CCCCCN(C)C(=O)O[C@@H](C)/C=C\C(=O)N[C@H]1CO[C@@H](C/C=C(C)/C=C/[C@@H]2C[C@]3(CO3)CC(C)(C)O2)OC1. The minimum atomic E-state index is -0.511. The van der Waals surface area contributed by atoms with Crippen molar-refractivity contribution in [2.24, 2.45) is 0 Å². The number of rotatable bonds is 12. The van der Waals surface area contributed by atoms with Crippen LogP contribution >= 0.6 is 0 Å². The van der Waals surface area contributed by atoms with Crippen LogP contribution in [0.5, 0.6) is 0 Å². The molecule has 3 saturated heterocycles. The van der Waals surface area contributed by atoms with Crippen molar-refractivity contribution in [1.29, 1.82) is 0 Å². The Morgan fingerprint density at radius 2 is 1.90 bits per heavy atom. The molecule has 220 valence electrons. The first-order valence-corrected chi connectivity index (χ1v) is 14.3. The molecule has 0 aromatic rings. The molecule has 0 bridgehead atoms. The van der Waals surface area contributed by atoms with Crippen molar-refractivity contribution in [3.8, 4) is 0 Å². The van der Waals surface area contributed by atoms with Gasteiger partial charge in [-0.05, 0) is 40.2 Å². The number of epoxide rings is 1. The van der Waals surface area contributed by atoms with E-state index in [1.54, 1.807) is 24.9 Å². The summed E-state index contributed by atoms with van der Waals surface area (Å²) >= 11 is 0. The monoisotopic (exact) mass is 548 g/mol. The highest BCUT2D eigenvalue weighted by molar-refractivity contribution is 5.87. The molecule has 0 unspecified atom stereocenters. The zero-order valence-electron chi connectivity index (χ0n) is 24.6. The first-order chi connectivity index (χ1) is 18.5. The molecule has 3 fully saturated rings. The number of nitrogens with zero attached hydrogens (tertiary/aromatic N) is 1. The molecule has 2 amide bonds. The van der Waals surface area contributed by atoms with E-state index < -0.39 is 12.2 Å². The topological polar surface area (TPSA) is 98.9 Å². The second-order valence-electron chi connectivity index (χ2n) is 11.7. The van der Waals surface area contributed by atoms with Gasteiger partial charge in [0.1, 0.15) is 6.10 Å². The van der Waals surface area contributed by atoms with Gasteiger partial charge in [-0.1, -0.05) is 43.6 Å². The van der Waals surface area contributed by atoms with Crippen molar-refractivity contribution in [2.75, 3.05) is 33.4 Å². The first kappa shape index (κ1) is 31.3. The van der Waals surface area contributed by atoms with E-state index in [0.717, 1.165) is 44.3 Å². The molecule has 1 spiro atoms. The minimum Gasteiger partial charge on any atom is -0.442 e. The molecule has 3 atom stereocenters. The van der Waals surface area contributed by atoms with Gasteiger partial charge in [-0.15, -0.1) is 0 Å². The molecule has 0 aromatic carbocycles. The highest BCUT2D eigenvalue weighted by atomic mass is 16.7. The lowest BCUT2D eigenvalue weighted by molar-refractivity contribution is -0.187. The fourth-order valence-corrected chi connectivity index (χ4v) is 4.96. The van der Waals surface area contributed by atoms with Crippen molar-refractivity contribution in [3.63, 3.8) is 0 Å². The highest BCUT2D eigenvalue weighted by Gasteiger charge is 2.53. The Labute approximate surface area is 233 Å². The Morgan fingerprint density at radius 3 is 2.56 bits per heavy atom. The molecule has 0 saturated carbocycles. The van der Waals surface area contributed by atoms with Gasteiger partial charge in [0.15, 0.2) is 6.29 Å². The third-order valence-electron chi connectivity index (χ3n) is 7.08. The van der Waals surface area contributed by atoms with Crippen LogP contribution in [0, 0.1) is 0 Å². The zero-order chi connectivity index (χ0) is 28.5. The lowest BCUT2D eigenvalue weighted by atomic mass is 9.85. The van der Waals surface area contributed by atoms with Gasteiger partial charge in [-0.3, -0.25) is 4.79 Å². The molecule has 3 aliphatic rings. The van der Waals surface area contributed by atoms with E-state index in [9.17, 15) is 9.59 Å². The number of hydrogen-bond donors (Lipinski definition) is 1. The van der Waals surface area contributed by atoms with E-state index in [4.69, 9.17) is 23.7 Å². The van der Waals surface area contributed by atoms with Crippen molar-refractivity contribution >= 4 is 12.0 Å². The summed E-state index contributed by atoms with van der Waals surface area (Å²) in [6.07, 6.45) is 13.6. The number of ether oxygens (including phenoxy) is 5. The van der Waals surface area contributed by atoms with Crippen LogP contribution in [0.4, 0.5) is 4.79 Å². The lowest BCUT2D eigenvalue weighted by Gasteiger charge is -2.38. The van der Waals surface area contributed by atoms with Gasteiger partial charge in [-0.2, -0.15) is 0 Å². The Hall–Kier alpha value is -2.20. The van der Waals surface area contributed by atoms with E-state index in [-0.39, 0.29) is 35.5 Å². The van der Waals surface area contributed by atoms with E-state index in [1.807, 2.05) is 0 Å². The molecule has 1 N–H and O–H groups in total. The molecule has 0 aliphatic carbocycles. The summed E-state index contributed by atoms with van der Waals surface area (Å²) in [6, 6.07) is -0.241. The summed E-state index contributed by atoms with van der Waals surface area (Å²) in [4.78, 5) is 26.0. The van der Waals surface area contributed by atoms with Crippen molar-refractivity contribution < 1.29 is 33.3 Å². The summed E-state index contributed by atoms with van der Waals surface area (Å²) in [6.45, 7) is 12.4. The molecule has 9 heteroatoms. The van der Waals surface area contributed by atoms with Crippen molar-refractivity contribution in [2.45, 2.75) is 109 Å². The average molecular weight is 549 g/mol. The highest BCUT2D eigenvalue weighted by Crippen LogP contribution is 2.46. The zero-order valence-corrected chi connectivity index (χ0v) is 24.6. The quantitative estimate of drug-likeness (QED) is 0.164. The Morgan fingerprint density at radius 1 is 1.18 bits per heavy atom. The van der Waals surface area contributed by atoms with Gasteiger partial charge in [0.25, 0.3) is 0 Å². The fourth-order valence-electron chi connectivity index (χ4n) is 4.96. The van der Waals surface area contributed by atoms with Gasteiger partial charge < -0.3 is 33.9 Å². The summed E-state index contributed by atoms with van der Waals surface area (Å²) < 4.78 is 28.9. The largest absolute Gasteiger partial charge is 0.442 e. The molecular formula is C30H48N2O7. The summed E-state index contributed by atoms with van der Waals surface area (Å²) in [5.74, 6) is -0.280. The van der Waals surface area contributed by atoms with Gasteiger partial charge in [0.2, 0.25) is 5.91 Å². The van der Waals surface area contributed by atoms with Gasteiger partial charge in [0.05, 0.1) is 43.2 Å². The number of amides is 2. The minimum absolute atomic E-state index is 0.00948. The molecule has 3 aliphatic heterocycles. The molecule has 3 heterocycles. The second kappa shape index (κ2) is 14.4. The molecule has 9 nitrogen and oxygen atoms in total. The Balaban J connectivity index is 1.32. The van der Waals surface area contributed by atoms with Crippen LogP contribution in [0.15, 0.2) is 36.0 Å². The van der Waals surface area contributed by atoms with Crippen LogP contribution < -0.4 is 5.32 Å². The van der Waals surface area contributed by atoms with Gasteiger partial charge in [0, 0.05) is 38.9 Å². The third kappa shape index (κ3) is 11.1. The van der Waals surface area contributed by atoms with Crippen LogP contribution in [0.1, 0.15) is 73.1 Å². The molecule has 0 radical (unpaired) electrons. The van der Waals surface area contributed by atoms with Crippen LogP contribution in [0.2, 0.25) is 0 Å². The molecular weight excluding hydrogens is 500 g/mol. The van der Waals surface area contributed by atoms with E-state index in [1.165, 1.54) is 6.08 Å². The number of carbonyl (C=O) groups excluding carboxylic acids is 2.